The highest BCUT2D eigenvalue weighted by Crippen LogP contribution is 2.29. The molecule has 0 amide bonds. The summed E-state index contributed by atoms with van der Waals surface area (Å²) in [7, 11) is 1.67. The van der Waals surface area contributed by atoms with Gasteiger partial charge in [0.05, 0.1) is 7.11 Å². The van der Waals surface area contributed by atoms with Crippen molar-refractivity contribution >= 4 is 6.08 Å². The summed E-state index contributed by atoms with van der Waals surface area (Å²) in [6.07, 6.45) is 2.13. The first-order valence-corrected chi connectivity index (χ1v) is 4.27. The lowest BCUT2D eigenvalue weighted by atomic mass is 10.1. The molecule has 0 radical (unpaired) electrons. The predicted octanol–water partition coefficient (Wildman–Crippen LogP) is 2.49. The van der Waals surface area contributed by atoms with Crippen LogP contribution in [0, 0.1) is 0 Å². The summed E-state index contributed by atoms with van der Waals surface area (Å²) in [5, 5.41) is 0. The number of fused-ring (bicyclic) bond motifs is 1. The maximum absolute atomic E-state index is 5.51. The van der Waals surface area contributed by atoms with E-state index in [0.29, 0.717) is 6.61 Å². The molecule has 1 aromatic rings. The third kappa shape index (κ3) is 1.52. The molecule has 0 N–H and O–H groups in total. The van der Waals surface area contributed by atoms with Crippen molar-refractivity contribution in [3.8, 4) is 11.5 Å². The molecule has 2 rings (SSSR count). The summed E-state index contributed by atoms with van der Waals surface area (Å²) in [5.41, 5.74) is 2.34. The molecule has 13 heavy (non-hydrogen) atoms. The Morgan fingerprint density at radius 1 is 1.38 bits per heavy atom. The first-order chi connectivity index (χ1) is 6.29. The highest BCUT2D eigenvalue weighted by Gasteiger charge is 2.08. The van der Waals surface area contributed by atoms with Crippen molar-refractivity contribution in [2.45, 2.75) is 6.92 Å². The van der Waals surface area contributed by atoms with Crippen molar-refractivity contribution in [1.29, 1.82) is 0 Å². The molecule has 0 atom stereocenters. The normalized spacial score (nSPS) is 14.2. The van der Waals surface area contributed by atoms with E-state index in [4.69, 9.17) is 9.47 Å². The van der Waals surface area contributed by atoms with Crippen molar-refractivity contribution in [2.75, 3.05) is 13.7 Å². The average Bonchev–Trinajstić information content (AvgIpc) is 2.16. The van der Waals surface area contributed by atoms with Gasteiger partial charge in [0.25, 0.3) is 0 Å². The van der Waals surface area contributed by atoms with Crippen molar-refractivity contribution in [3.05, 3.63) is 29.3 Å². The van der Waals surface area contributed by atoms with E-state index in [-0.39, 0.29) is 0 Å². The molecular weight excluding hydrogens is 164 g/mol. The Labute approximate surface area is 77.8 Å². The van der Waals surface area contributed by atoms with Gasteiger partial charge >= 0.3 is 0 Å². The monoisotopic (exact) mass is 176 g/mol. The first-order valence-electron chi connectivity index (χ1n) is 4.27. The Kier molecular flexibility index (Phi) is 1.97. The highest BCUT2D eigenvalue weighted by molar-refractivity contribution is 5.63. The number of hydrogen-bond acceptors (Lipinski definition) is 2. The zero-order valence-electron chi connectivity index (χ0n) is 7.83. The molecule has 0 aromatic heterocycles. The summed E-state index contributed by atoms with van der Waals surface area (Å²) in [4.78, 5) is 0. The molecular formula is C11H12O2. The molecule has 1 aliphatic heterocycles. The second-order valence-electron chi connectivity index (χ2n) is 3.18. The Hall–Kier alpha value is -1.44. The van der Waals surface area contributed by atoms with Gasteiger partial charge in [-0.25, -0.2) is 0 Å². The Balaban J connectivity index is 2.45. The lowest BCUT2D eigenvalue weighted by Crippen LogP contribution is -2.04. The predicted molar refractivity (Wildman–Crippen MR) is 52.1 cm³/mol. The number of benzene rings is 1. The van der Waals surface area contributed by atoms with Crippen LogP contribution in [0.25, 0.3) is 6.08 Å². The van der Waals surface area contributed by atoms with Crippen LogP contribution in [-0.2, 0) is 0 Å². The van der Waals surface area contributed by atoms with Gasteiger partial charge in [0.1, 0.15) is 18.1 Å². The van der Waals surface area contributed by atoms with Crippen LogP contribution in [0.1, 0.15) is 12.5 Å². The Morgan fingerprint density at radius 3 is 3.00 bits per heavy atom. The minimum absolute atomic E-state index is 0.694. The smallest absolute Gasteiger partial charge is 0.127 e. The molecule has 1 aliphatic rings. The number of ether oxygens (including phenoxy) is 2. The lowest BCUT2D eigenvalue weighted by molar-refractivity contribution is 0.345. The molecule has 0 spiro atoms. The summed E-state index contributed by atoms with van der Waals surface area (Å²) >= 11 is 0. The number of hydrogen-bond donors (Lipinski definition) is 0. The van der Waals surface area contributed by atoms with Gasteiger partial charge in [0, 0.05) is 5.56 Å². The van der Waals surface area contributed by atoms with E-state index in [1.54, 1.807) is 7.11 Å². The molecule has 1 heterocycles. The van der Waals surface area contributed by atoms with Gasteiger partial charge in [-0.1, -0.05) is 0 Å². The van der Waals surface area contributed by atoms with E-state index in [9.17, 15) is 0 Å². The van der Waals surface area contributed by atoms with Crippen LogP contribution >= 0.6 is 0 Å². The first kappa shape index (κ1) is 8.17. The van der Waals surface area contributed by atoms with Crippen LogP contribution in [-0.4, -0.2) is 13.7 Å². The molecule has 0 fully saturated rings. The summed E-state index contributed by atoms with van der Waals surface area (Å²) in [6, 6.07) is 5.84. The van der Waals surface area contributed by atoms with Crippen LogP contribution < -0.4 is 9.47 Å². The van der Waals surface area contributed by atoms with Crippen LogP contribution in [0.4, 0.5) is 0 Å². The van der Waals surface area contributed by atoms with Gasteiger partial charge in [-0.3, -0.25) is 0 Å². The summed E-state index contributed by atoms with van der Waals surface area (Å²) in [5.74, 6) is 1.81. The van der Waals surface area contributed by atoms with Crippen LogP contribution in [0.3, 0.4) is 0 Å². The van der Waals surface area contributed by atoms with Crippen LogP contribution in [0.5, 0.6) is 11.5 Å². The fourth-order valence-corrected chi connectivity index (χ4v) is 1.40. The number of methoxy groups -OCH3 is 1. The standard InChI is InChI=1S/C11H12O2/c1-8-5-9-6-10(12-2)3-4-11(9)13-7-8/h3-6H,7H2,1-2H3. The summed E-state index contributed by atoms with van der Waals surface area (Å²) in [6.45, 7) is 2.75. The topological polar surface area (TPSA) is 18.5 Å². The van der Waals surface area contributed by atoms with Crippen LogP contribution in [0.2, 0.25) is 0 Å². The molecule has 0 saturated heterocycles. The van der Waals surface area contributed by atoms with E-state index in [1.807, 2.05) is 18.2 Å². The molecule has 1 aromatic carbocycles. The maximum Gasteiger partial charge on any atom is 0.127 e. The quantitative estimate of drug-likeness (QED) is 0.654. The largest absolute Gasteiger partial charge is 0.497 e. The van der Waals surface area contributed by atoms with Crippen molar-refractivity contribution < 1.29 is 9.47 Å². The SMILES string of the molecule is COc1ccc2c(c1)C=C(C)CO2. The van der Waals surface area contributed by atoms with Gasteiger partial charge in [-0.05, 0) is 36.8 Å². The minimum Gasteiger partial charge on any atom is -0.497 e. The third-order valence-electron chi connectivity index (χ3n) is 2.07. The molecule has 0 unspecified atom stereocenters. The van der Waals surface area contributed by atoms with Gasteiger partial charge < -0.3 is 9.47 Å². The fourth-order valence-electron chi connectivity index (χ4n) is 1.40. The number of rotatable bonds is 1. The molecule has 68 valence electrons. The van der Waals surface area contributed by atoms with E-state index in [2.05, 4.69) is 13.0 Å². The molecule has 2 nitrogen and oxygen atoms in total. The fraction of sp³-hybridized carbons (Fsp3) is 0.273. The molecule has 0 aliphatic carbocycles. The second kappa shape index (κ2) is 3.13. The summed E-state index contributed by atoms with van der Waals surface area (Å²) < 4.78 is 10.6. The van der Waals surface area contributed by atoms with E-state index in [0.717, 1.165) is 17.1 Å². The molecule has 2 heteroatoms. The molecule has 0 saturated carbocycles. The minimum atomic E-state index is 0.694. The van der Waals surface area contributed by atoms with Gasteiger partial charge in [-0.15, -0.1) is 0 Å². The maximum atomic E-state index is 5.51. The van der Waals surface area contributed by atoms with Crippen LogP contribution in [0.15, 0.2) is 23.8 Å². The molecule has 0 bridgehead atoms. The Bertz CT molecular complexity index is 353. The van der Waals surface area contributed by atoms with Gasteiger partial charge in [-0.2, -0.15) is 0 Å². The second-order valence-corrected chi connectivity index (χ2v) is 3.18. The van der Waals surface area contributed by atoms with Crippen molar-refractivity contribution in [2.24, 2.45) is 0 Å². The highest BCUT2D eigenvalue weighted by atomic mass is 16.5. The lowest BCUT2D eigenvalue weighted by Gasteiger charge is -2.16. The van der Waals surface area contributed by atoms with E-state index < -0.39 is 0 Å². The average molecular weight is 176 g/mol. The van der Waals surface area contributed by atoms with E-state index in [1.165, 1.54) is 5.57 Å². The van der Waals surface area contributed by atoms with Gasteiger partial charge in [0.15, 0.2) is 0 Å². The zero-order chi connectivity index (χ0) is 9.26. The van der Waals surface area contributed by atoms with Crippen molar-refractivity contribution in [1.82, 2.24) is 0 Å². The van der Waals surface area contributed by atoms with E-state index >= 15 is 0 Å². The zero-order valence-corrected chi connectivity index (χ0v) is 7.83. The Morgan fingerprint density at radius 2 is 2.23 bits per heavy atom. The van der Waals surface area contributed by atoms with Gasteiger partial charge in [0.2, 0.25) is 0 Å². The van der Waals surface area contributed by atoms with Crippen molar-refractivity contribution in [3.63, 3.8) is 0 Å². The third-order valence-corrected chi connectivity index (χ3v) is 2.07.